The van der Waals surface area contributed by atoms with Crippen molar-refractivity contribution in [3.63, 3.8) is 0 Å². The van der Waals surface area contributed by atoms with E-state index in [0.717, 1.165) is 16.1 Å². The summed E-state index contributed by atoms with van der Waals surface area (Å²) in [6.45, 7) is 2.82. The Morgan fingerprint density at radius 2 is 2.29 bits per heavy atom. The number of aliphatic hydroxyl groups excluding tert-OH is 1. The van der Waals surface area contributed by atoms with Gasteiger partial charge in [0.25, 0.3) is 0 Å². The first-order valence-corrected chi connectivity index (χ1v) is 4.82. The summed E-state index contributed by atoms with van der Waals surface area (Å²) in [7, 11) is 0. The van der Waals surface area contributed by atoms with E-state index in [-0.39, 0.29) is 13.2 Å². The summed E-state index contributed by atoms with van der Waals surface area (Å²) in [5.41, 5.74) is 4.83. The van der Waals surface area contributed by atoms with Crippen molar-refractivity contribution in [2.24, 2.45) is 0 Å². The molecule has 0 fully saturated rings. The van der Waals surface area contributed by atoms with Gasteiger partial charge < -0.3 is 5.11 Å². The van der Waals surface area contributed by atoms with Gasteiger partial charge in [-0.15, -0.1) is 0 Å². The second-order valence-electron chi connectivity index (χ2n) is 2.99. The van der Waals surface area contributed by atoms with Crippen molar-refractivity contribution < 1.29 is 9.94 Å². The predicted octanol–water partition coefficient (Wildman–Crippen LogP) is 1.66. The monoisotopic (exact) mass is 215 g/mol. The fourth-order valence-electron chi connectivity index (χ4n) is 1.04. The average molecular weight is 216 g/mol. The maximum absolute atomic E-state index is 8.46. The van der Waals surface area contributed by atoms with Gasteiger partial charge in [-0.05, 0) is 24.1 Å². The summed E-state index contributed by atoms with van der Waals surface area (Å²) >= 11 is 6.00. The zero-order chi connectivity index (χ0) is 10.4. The van der Waals surface area contributed by atoms with Crippen molar-refractivity contribution in [3.05, 3.63) is 34.3 Å². The van der Waals surface area contributed by atoms with Crippen molar-refractivity contribution >= 4 is 11.6 Å². The van der Waals surface area contributed by atoms with E-state index >= 15 is 0 Å². The van der Waals surface area contributed by atoms with Crippen molar-refractivity contribution in [1.29, 1.82) is 0 Å². The molecule has 0 aliphatic carbocycles. The van der Waals surface area contributed by atoms with Gasteiger partial charge in [-0.3, -0.25) is 4.84 Å². The van der Waals surface area contributed by atoms with Crippen molar-refractivity contribution in [2.75, 3.05) is 13.2 Å². The number of aliphatic hydroxyl groups is 1. The second kappa shape index (κ2) is 5.98. The number of nitrogens with one attached hydrogen (secondary N) is 1. The maximum Gasteiger partial charge on any atom is 0.0913 e. The lowest BCUT2D eigenvalue weighted by Gasteiger charge is -2.06. The molecule has 0 bridgehead atoms. The van der Waals surface area contributed by atoms with Crippen LogP contribution in [0.1, 0.15) is 11.1 Å². The van der Waals surface area contributed by atoms with E-state index in [0.29, 0.717) is 6.54 Å². The third-order valence-electron chi connectivity index (χ3n) is 1.77. The summed E-state index contributed by atoms with van der Waals surface area (Å²) < 4.78 is 0. The van der Waals surface area contributed by atoms with Crippen LogP contribution >= 0.6 is 11.6 Å². The lowest BCUT2D eigenvalue weighted by molar-refractivity contribution is 0.0138. The number of rotatable bonds is 5. The molecule has 0 saturated carbocycles. The molecule has 3 nitrogen and oxygen atoms in total. The number of aryl methyl sites for hydroxylation is 1. The Labute approximate surface area is 88.6 Å². The molecule has 0 spiro atoms. The molecule has 14 heavy (non-hydrogen) atoms. The topological polar surface area (TPSA) is 41.5 Å². The number of hydroxylamine groups is 1. The van der Waals surface area contributed by atoms with E-state index in [4.69, 9.17) is 21.5 Å². The van der Waals surface area contributed by atoms with E-state index in [1.807, 2.05) is 25.1 Å². The van der Waals surface area contributed by atoms with Gasteiger partial charge >= 0.3 is 0 Å². The van der Waals surface area contributed by atoms with Crippen LogP contribution in [0.2, 0.25) is 5.02 Å². The van der Waals surface area contributed by atoms with Crippen LogP contribution in [0.4, 0.5) is 0 Å². The van der Waals surface area contributed by atoms with Gasteiger partial charge in [0.1, 0.15) is 0 Å². The lowest BCUT2D eigenvalue weighted by atomic mass is 10.1. The van der Waals surface area contributed by atoms with Crippen LogP contribution < -0.4 is 5.48 Å². The largest absolute Gasteiger partial charge is 0.394 e. The highest BCUT2D eigenvalue weighted by atomic mass is 35.5. The van der Waals surface area contributed by atoms with Crippen LogP contribution in [-0.2, 0) is 11.4 Å². The van der Waals surface area contributed by atoms with E-state index < -0.39 is 0 Å². The molecule has 1 aromatic rings. The fraction of sp³-hybridized carbons (Fsp3) is 0.400. The maximum atomic E-state index is 8.46. The standard InChI is InChI=1S/C10H14ClNO2/c1-8-2-3-9(10(11)6-8)7-12-14-5-4-13/h2-3,6,12-13H,4-5,7H2,1H3. The quantitative estimate of drug-likeness (QED) is 0.580. The van der Waals surface area contributed by atoms with Crippen LogP contribution in [0.5, 0.6) is 0 Å². The fourth-order valence-corrected chi connectivity index (χ4v) is 1.34. The van der Waals surface area contributed by atoms with Crippen LogP contribution in [0.3, 0.4) is 0 Å². The van der Waals surface area contributed by atoms with E-state index in [1.165, 1.54) is 0 Å². The van der Waals surface area contributed by atoms with Gasteiger partial charge in [0.05, 0.1) is 13.2 Å². The molecule has 2 N–H and O–H groups in total. The molecule has 0 radical (unpaired) electrons. The van der Waals surface area contributed by atoms with Crippen LogP contribution in [0.25, 0.3) is 0 Å². The first-order valence-electron chi connectivity index (χ1n) is 4.44. The first-order chi connectivity index (χ1) is 6.74. The van der Waals surface area contributed by atoms with E-state index in [9.17, 15) is 0 Å². The second-order valence-corrected chi connectivity index (χ2v) is 3.40. The van der Waals surface area contributed by atoms with E-state index in [1.54, 1.807) is 0 Å². The zero-order valence-corrected chi connectivity index (χ0v) is 8.84. The highest BCUT2D eigenvalue weighted by molar-refractivity contribution is 6.31. The molecule has 0 aromatic heterocycles. The predicted molar refractivity (Wildman–Crippen MR) is 56.1 cm³/mol. The normalized spacial score (nSPS) is 10.5. The Morgan fingerprint density at radius 1 is 1.50 bits per heavy atom. The summed E-state index contributed by atoms with van der Waals surface area (Å²) in [6.07, 6.45) is 0. The number of hydrogen-bond donors (Lipinski definition) is 2. The Kier molecular flexibility index (Phi) is 4.90. The summed E-state index contributed by atoms with van der Waals surface area (Å²) in [4.78, 5) is 4.91. The van der Waals surface area contributed by atoms with Gasteiger partial charge in [-0.25, -0.2) is 0 Å². The highest BCUT2D eigenvalue weighted by Gasteiger charge is 1.99. The Bertz CT molecular complexity index is 291. The minimum absolute atomic E-state index is 0.00856. The Morgan fingerprint density at radius 3 is 2.93 bits per heavy atom. The highest BCUT2D eigenvalue weighted by Crippen LogP contribution is 2.16. The van der Waals surface area contributed by atoms with Crippen molar-refractivity contribution in [1.82, 2.24) is 5.48 Å². The Hall–Kier alpha value is -0.610. The average Bonchev–Trinajstić information content (AvgIpc) is 2.15. The molecular formula is C10H14ClNO2. The minimum Gasteiger partial charge on any atom is -0.394 e. The molecule has 4 heteroatoms. The number of hydrogen-bond acceptors (Lipinski definition) is 3. The van der Waals surface area contributed by atoms with Crippen LogP contribution in [0.15, 0.2) is 18.2 Å². The van der Waals surface area contributed by atoms with Gasteiger partial charge in [-0.1, -0.05) is 23.7 Å². The third kappa shape index (κ3) is 3.64. The first kappa shape index (κ1) is 11.5. The summed E-state index contributed by atoms with van der Waals surface area (Å²) in [5.74, 6) is 0. The molecule has 1 rings (SSSR count). The number of benzene rings is 1. The van der Waals surface area contributed by atoms with Crippen molar-refractivity contribution in [3.8, 4) is 0 Å². The third-order valence-corrected chi connectivity index (χ3v) is 2.12. The Balaban J connectivity index is 2.42. The lowest BCUT2D eigenvalue weighted by Crippen LogP contribution is -2.16. The molecule has 0 amide bonds. The zero-order valence-electron chi connectivity index (χ0n) is 8.09. The van der Waals surface area contributed by atoms with Gasteiger partial charge in [0, 0.05) is 11.6 Å². The van der Waals surface area contributed by atoms with Crippen molar-refractivity contribution in [2.45, 2.75) is 13.5 Å². The molecule has 0 atom stereocenters. The summed E-state index contributed by atoms with van der Waals surface area (Å²) in [5, 5.41) is 9.19. The molecule has 0 unspecified atom stereocenters. The molecule has 0 saturated heterocycles. The van der Waals surface area contributed by atoms with Gasteiger partial charge in [0.15, 0.2) is 0 Å². The van der Waals surface area contributed by atoms with Gasteiger partial charge in [-0.2, -0.15) is 5.48 Å². The number of halogens is 1. The molecule has 78 valence electrons. The van der Waals surface area contributed by atoms with Crippen LogP contribution in [-0.4, -0.2) is 18.3 Å². The molecular weight excluding hydrogens is 202 g/mol. The van der Waals surface area contributed by atoms with Gasteiger partial charge in [0.2, 0.25) is 0 Å². The van der Waals surface area contributed by atoms with Crippen LogP contribution in [0, 0.1) is 6.92 Å². The molecule has 0 aliphatic heterocycles. The molecule has 1 aromatic carbocycles. The minimum atomic E-state index is 0.00856. The molecule has 0 aliphatic rings. The molecule has 0 heterocycles. The summed E-state index contributed by atoms with van der Waals surface area (Å²) in [6, 6.07) is 5.85. The SMILES string of the molecule is Cc1ccc(CNOCCO)c(Cl)c1. The van der Waals surface area contributed by atoms with E-state index in [2.05, 4.69) is 5.48 Å². The smallest absolute Gasteiger partial charge is 0.0913 e.